The van der Waals surface area contributed by atoms with Crippen LogP contribution in [-0.4, -0.2) is 55.4 Å². The van der Waals surface area contributed by atoms with E-state index in [2.05, 4.69) is 5.10 Å². The van der Waals surface area contributed by atoms with Crippen LogP contribution >= 0.6 is 0 Å². The molecule has 2 heterocycles. The Labute approximate surface area is 141 Å². The van der Waals surface area contributed by atoms with Crippen molar-refractivity contribution in [3.8, 4) is 5.69 Å². The van der Waals surface area contributed by atoms with Crippen LogP contribution in [0.1, 0.15) is 6.42 Å². The first-order valence-electron chi connectivity index (χ1n) is 7.66. The number of benzene rings is 1. The number of aromatic nitrogens is 2. The summed E-state index contributed by atoms with van der Waals surface area (Å²) in [4.78, 5) is 13.4. The summed E-state index contributed by atoms with van der Waals surface area (Å²) >= 11 is 0. The van der Waals surface area contributed by atoms with E-state index in [1.807, 2.05) is 6.07 Å². The zero-order chi connectivity index (χ0) is 17.3. The number of amides is 1. The zero-order valence-electron chi connectivity index (χ0n) is 13.7. The molecule has 0 N–H and O–H groups in total. The van der Waals surface area contributed by atoms with E-state index in [1.54, 1.807) is 53.3 Å². The average molecular weight is 348 g/mol. The van der Waals surface area contributed by atoms with E-state index < -0.39 is 10.0 Å². The lowest BCUT2D eigenvalue weighted by Gasteiger charge is -2.25. The lowest BCUT2D eigenvalue weighted by atomic mass is 10.1. The van der Waals surface area contributed by atoms with Crippen molar-refractivity contribution >= 4 is 21.6 Å². The maximum absolute atomic E-state index is 12.3. The first kappa shape index (κ1) is 16.5. The fraction of sp³-hybridized carbons (Fsp3) is 0.375. The van der Waals surface area contributed by atoms with Crippen LogP contribution in [0.4, 0.5) is 5.69 Å². The lowest BCUT2D eigenvalue weighted by Crippen LogP contribution is -2.35. The van der Waals surface area contributed by atoms with E-state index in [9.17, 15) is 13.2 Å². The molecule has 0 aliphatic carbocycles. The minimum absolute atomic E-state index is 0.00872. The van der Waals surface area contributed by atoms with Crippen molar-refractivity contribution < 1.29 is 13.2 Å². The van der Waals surface area contributed by atoms with E-state index in [-0.39, 0.29) is 18.4 Å². The highest BCUT2D eigenvalue weighted by Crippen LogP contribution is 2.25. The lowest BCUT2D eigenvalue weighted by molar-refractivity contribution is -0.126. The second kappa shape index (κ2) is 6.27. The molecule has 1 aliphatic heterocycles. The summed E-state index contributed by atoms with van der Waals surface area (Å²) in [5, 5.41) is 4.17. The second-order valence-electron chi connectivity index (χ2n) is 6.11. The summed E-state index contributed by atoms with van der Waals surface area (Å²) in [6.07, 6.45) is 5.03. The number of carbonyl (C=O) groups is 1. The monoisotopic (exact) mass is 348 g/mol. The van der Waals surface area contributed by atoms with Crippen molar-refractivity contribution in [2.24, 2.45) is 5.92 Å². The van der Waals surface area contributed by atoms with Crippen molar-refractivity contribution in [3.05, 3.63) is 42.7 Å². The quantitative estimate of drug-likeness (QED) is 0.811. The first-order chi connectivity index (χ1) is 11.3. The molecule has 7 nitrogen and oxygen atoms in total. The van der Waals surface area contributed by atoms with Crippen LogP contribution in [0, 0.1) is 5.92 Å². The van der Waals surface area contributed by atoms with Gasteiger partial charge >= 0.3 is 0 Å². The van der Waals surface area contributed by atoms with Gasteiger partial charge in [-0.3, -0.25) is 9.10 Å². The predicted molar refractivity (Wildman–Crippen MR) is 91.5 cm³/mol. The largest absolute Gasteiger partial charge is 0.345 e. The van der Waals surface area contributed by atoms with Gasteiger partial charge in [-0.2, -0.15) is 5.10 Å². The average Bonchev–Trinajstić information content (AvgIpc) is 3.15. The molecule has 1 amide bonds. The van der Waals surface area contributed by atoms with E-state index in [4.69, 9.17) is 0 Å². The smallest absolute Gasteiger partial charge is 0.232 e. The standard InChI is InChI=1S/C16H20N4O3S/c1-18-11-13(9-16(18)21)12-20(24(2,22)23)15-6-3-5-14(10-15)19-8-4-7-17-19/h3-8,10,13H,9,11-12H2,1-2H3. The fourth-order valence-electron chi connectivity index (χ4n) is 2.96. The molecule has 2 aromatic rings. The van der Waals surface area contributed by atoms with E-state index in [0.29, 0.717) is 18.7 Å². The third kappa shape index (κ3) is 3.43. The van der Waals surface area contributed by atoms with Crippen LogP contribution in [0.15, 0.2) is 42.7 Å². The van der Waals surface area contributed by atoms with Gasteiger partial charge in [-0.05, 0) is 24.3 Å². The molecular formula is C16H20N4O3S. The van der Waals surface area contributed by atoms with Gasteiger partial charge < -0.3 is 4.90 Å². The molecule has 1 atom stereocenters. The molecule has 0 spiro atoms. The zero-order valence-corrected chi connectivity index (χ0v) is 14.5. The Morgan fingerprint density at radius 3 is 2.71 bits per heavy atom. The van der Waals surface area contributed by atoms with E-state index in [0.717, 1.165) is 5.69 Å². The molecular weight excluding hydrogens is 328 g/mol. The summed E-state index contributed by atoms with van der Waals surface area (Å²) in [5.41, 5.74) is 1.36. The van der Waals surface area contributed by atoms with Gasteiger partial charge in [-0.15, -0.1) is 0 Å². The van der Waals surface area contributed by atoms with Crippen molar-refractivity contribution in [3.63, 3.8) is 0 Å². The van der Waals surface area contributed by atoms with Crippen molar-refractivity contribution in [1.29, 1.82) is 0 Å². The fourth-order valence-corrected chi connectivity index (χ4v) is 3.94. The second-order valence-corrected chi connectivity index (χ2v) is 8.02. The summed E-state index contributed by atoms with van der Waals surface area (Å²) < 4.78 is 27.6. The number of sulfonamides is 1. The highest BCUT2D eigenvalue weighted by atomic mass is 32.2. The molecule has 1 aromatic heterocycles. The third-order valence-corrected chi connectivity index (χ3v) is 5.29. The third-order valence-electron chi connectivity index (χ3n) is 4.13. The number of carbonyl (C=O) groups excluding carboxylic acids is 1. The number of likely N-dealkylation sites (tertiary alicyclic amines) is 1. The van der Waals surface area contributed by atoms with Crippen molar-refractivity contribution in [2.75, 3.05) is 30.7 Å². The normalized spacial score (nSPS) is 18.2. The molecule has 0 bridgehead atoms. The number of rotatable bonds is 5. The van der Waals surface area contributed by atoms with Gasteiger partial charge in [-0.1, -0.05) is 6.07 Å². The molecule has 1 fully saturated rings. The molecule has 8 heteroatoms. The molecule has 24 heavy (non-hydrogen) atoms. The van der Waals surface area contributed by atoms with Crippen LogP contribution in [0.3, 0.4) is 0 Å². The maximum Gasteiger partial charge on any atom is 0.232 e. The Hall–Kier alpha value is -2.35. The Kier molecular flexibility index (Phi) is 4.31. The minimum Gasteiger partial charge on any atom is -0.345 e. The highest BCUT2D eigenvalue weighted by molar-refractivity contribution is 7.92. The Morgan fingerprint density at radius 1 is 1.33 bits per heavy atom. The van der Waals surface area contributed by atoms with Gasteiger partial charge in [0.25, 0.3) is 0 Å². The van der Waals surface area contributed by atoms with Crippen molar-refractivity contribution in [2.45, 2.75) is 6.42 Å². The molecule has 1 aromatic carbocycles. The van der Waals surface area contributed by atoms with Gasteiger partial charge in [-0.25, -0.2) is 13.1 Å². The summed E-state index contributed by atoms with van der Waals surface area (Å²) in [6, 6.07) is 9.02. The highest BCUT2D eigenvalue weighted by Gasteiger charge is 2.31. The Bertz CT molecular complexity index is 833. The molecule has 1 saturated heterocycles. The van der Waals surface area contributed by atoms with Crippen LogP contribution in [0.25, 0.3) is 5.69 Å². The minimum atomic E-state index is -3.45. The van der Waals surface area contributed by atoms with Gasteiger partial charge in [0.15, 0.2) is 0 Å². The molecule has 1 aliphatic rings. The first-order valence-corrected chi connectivity index (χ1v) is 9.51. The summed E-state index contributed by atoms with van der Waals surface area (Å²) in [7, 11) is -1.71. The van der Waals surface area contributed by atoms with Crippen LogP contribution in [0.5, 0.6) is 0 Å². The molecule has 1 unspecified atom stereocenters. The molecule has 0 saturated carbocycles. The summed E-state index contributed by atoms with van der Waals surface area (Å²) in [5.74, 6) is 0.0457. The predicted octanol–water partition coefficient (Wildman–Crippen LogP) is 1.12. The topological polar surface area (TPSA) is 75.5 Å². The molecule has 3 rings (SSSR count). The van der Waals surface area contributed by atoms with E-state index in [1.165, 1.54) is 10.6 Å². The molecule has 128 valence electrons. The van der Waals surface area contributed by atoms with Gasteiger partial charge in [0.05, 0.1) is 17.6 Å². The number of anilines is 1. The Balaban J connectivity index is 1.90. The summed E-state index contributed by atoms with van der Waals surface area (Å²) in [6.45, 7) is 0.862. The van der Waals surface area contributed by atoms with Gasteiger partial charge in [0.1, 0.15) is 0 Å². The number of hydrogen-bond acceptors (Lipinski definition) is 4. The van der Waals surface area contributed by atoms with Crippen LogP contribution in [-0.2, 0) is 14.8 Å². The number of nitrogens with zero attached hydrogens (tertiary/aromatic N) is 4. The molecule has 0 radical (unpaired) electrons. The maximum atomic E-state index is 12.3. The van der Waals surface area contributed by atoms with Crippen LogP contribution < -0.4 is 4.31 Å². The Morgan fingerprint density at radius 2 is 2.12 bits per heavy atom. The van der Waals surface area contributed by atoms with Gasteiger partial charge in [0.2, 0.25) is 15.9 Å². The van der Waals surface area contributed by atoms with E-state index >= 15 is 0 Å². The SMILES string of the molecule is CN1CC(CN(c2cccc(-n3cccn3)c2)S(C)(=O)=O)CC1=O. The van der Waals surface area contributed by atoms with Crippen LogP contribution in [0.2, 0.25) is 0 Å². The van der Waals surface area contributed by atoms with Gasteiger partial charge in [0, 0.05) is 44.9 Å². The number of hydrogen-bond donors (Lipinski definition) is 0. The van der Waals surface area contributed by atoms with Crippen molar-refractivity contribution in [1.82, 2.24) is 14.7 Å².